The fourth-order valence-electron chi connectivity index (χ4n) is 2.37. The van der Waals surface area contributed by atoms with E-state index in [2.05, 4.69) is 5.10 Å². The molecule has 1 aromatic heterocycles. The number of carboxylic acid groups (broad SMARTS) is 1. The summed E-state index contributed by atoms with van der Waals surface area (Å²) < 4.78 is 26.9. The first-order valence-electron chi connectivity index (χ1n) is 5.73. The molecule has 0 spiro atoms. The van der Waals surface area contributed by atoms with E-state index >= 15 is 0 Å². The largest absolute Gasteiger partial charge is 0.476 e. The van der Waals surface area contributed by atoms with Crippen LogP contribution in [0, 0.1) is 0 Å². The van der Waals surface area contributed by atoms with E-state index < -0.39 is 24.5 Å². The third-order valence-electron chi connectivity index (χ3n) is 3.15. The Morgan fingerprint density at radius 3 is 2.63 bits per heavy atom. The van der Waals surface area contributed by atoms with Gasteiger partial charge in [0.1, 0.15) is 11.9 Å². The summed E-state index contributed by atoms with van der Waals surface area (Å²) in [5.74, 6) is -1.54. The van der Waals surface area contributed by atoms with Gasteiger partial charge in [-0.2, -0.15) is 5.10 Å². The van der Waals surface area contributed by atoms with Crippen molar-refractivity contribution in [3.63, 3.8) is 0 Å². The number of rotatable bonds is 2. The van der Waals surface area contributed by atoms with Crippen LogP contribution in [0.2, 0.25) is 0 Å². The molecule has 0 saturated carbocycles. The predicted octanol–water partition coefficient (Wildman–Crippen LogP) is 1.53. The molecule has 2 rings (SSSR count). The number of hydrogen-bond donors (Lipinski definition) is 1. The third-order valence-corrected chi connectivity index (χ3v) is 3.15. The van der Waals surface area contributed by atoms with Crippen molar-refractivity contribution in [1.29, 1.82) is 0 Å². The van der Waals surface area contributed by atoms with Crippen LogP contribution < -0.4 is 4.90 Å². The van der Waals surface area contributed by atoms with Crippen molar-refractivity contribution >= 4 is 17.7 Å². The first-order chi connectivity index (χ1) is 8.82. The van der Waals surface area contributed by atoms with E-state index in [1.807, 2.05) is 0 Å². The Bertz CT molecular complexity index is 529. The SMILES string of the molecule is CC(=O)N1c2cc(C(=O)O)nn2C(C(F)F)CC1C. The Kier molecular flexibility index (Phi) is 3.25. The van der Waals surface area contributed by atoms with Gasteiger partial charge in [-0.3, -0.25) is 9.69 Å². The lowest BCUT2D eigenvalue weighted by Crippen LogP contribution is -2.45. The highest BCUT2D eigenvalue weighted by atomic mass is 19.3. The lowest BCUT2D eigenvalue weighted by molar-refractivity contribution is -0.117. The van der Waals surface area contributed by atoms with Crippen LogP contribution in [-0.2, 0) is 4.79 Å². The second-order valence-corrected chi connectivity index (χ2v) is 4.51. The Balaban J connectivity index is 2.56. The summed E-state index contributed by atoms with van der Waals surface area (Å²) >= 11 is 0. The molecule has 0 aromatic carbocycles. The smallest absolute Gasteiger partial charge is 0.356 e. The number of hydrogen-bond acceptors (Lipinski definition) is 3. The van der Waals surface area contributed by atoms with E-state index in [1.54, 1.807) is 6.92 Å². The maximum absolute atomic E-state index is 13.0. The van der Waals surface area contributed by atoms with E-state index in [1.165, 1.54) is 11.8 Å². The molecule has 0 radical (unpaired) electrons. The molecule has 1 N–H and O–H groups in total. The molecule has 0 saturated heterocycles. The molecule has 1 aliphatic rings. The minimum absolute atomic E-state index is 0.0327. The molecule has 0 fully saturated rings. The summed E-state index contributed by atoms with van der Waals surface area (Å²) in [7, 11) is 0. The molecule has 1 aromatic rings. The molecular weight excluding hydrogens is 260 g/mol. The first-order valence-corrected chi connectivity index (χ1v) is 5.73. The number of aromatic carboxylic acids is 1. The van der Waals surface area contributed by atoms with Crippen molar-refractivity contribution in [2.24, 2.45) is 0 Å². The highest BCUT2D eigenvalue weighted by molar-refractivity contribution is 5.93. The minimum atomic E-state index is -2.67. The van der Waals surface area contributed by atoms with Gasteiger partial charge in [0.25, 0.3) is 6.43 Å². The molecule has 6 nitrogen and oxygen atoms in total. The van der Waals surface area contributed by atoms with Crippen molar-refractivity contribution < 1.29 is 23.5 Å². The van der Waals surface area contributed by atoms with Crippen LogP contribution in [0.5, 0.6) is 0 Å². The molecule has 1 amide bonds. The Morgan fingerprint density at radius 1 is 1.53 bits per heavy atom. The van der Waals surface area contributed by atoms with Gasteiger partial charge in [-0.15, -0.1) is 0 Å². The van der Waals surface area contributed by atoms with Gasteiger partial charge in [0.2, 0.25) is 5.91 Å². The van der Waals surface area contributed by atoms with Gasteiger partial charge in [0.15, 0.2) is 5.69 Å². The molecule has 1 aliphatic heterocycles. The summed E-state index contributed by atoms with van der Waals surface area (Å²) in [6.45, 7) is 2.95. The van der Waals surface area contributed by atoms with Gasteiger partial charge in [0.05, 0.1) is 0 Å². The van der Waals surface area contributed by atoms with E-state index in [9.17, 15) is 18.4 Å². The number of carbonyl (C=O) groups is 2. The summed E-state index contributed by atoms with van der Waals surface area (Å²) in [5.41, 5.74) is -0.346. The standard InChI is InChI=1S/C11H13F2N3O3/c1-5-3-8(10(12)13)16-9(15(5)6(2)17)4-7(14-16)11(18)19/h4-5,8,10H,3H2,1-2H3,(H,18,19). The van der Waals surface area contributed by atoms with Crippen LogP contribution in [-0.4, -0.2) is 39.2 Å². The first kappa shape index (κ1) is 13.4. The molecule has 0 aliphatic carbocycles. The Labute approximate surface area is 107 Å². The fraction of sp³-hybridized carbons (Fsp3) is 0.545. The van der Waals surface area contributed by atoms with Crippen LogP contribution in [0.15, 0.2) is 6.07 Å². The number of carbonyl (C=O) groups excluding carboxylic acids is 1. The molecule has 8 heteroatoms. The molecule has 0 bridgehead atoms. The number of halogens is 2. The van der Waals surface area contributed by atoms with Crippen molar-refractivity contribution in [3.05, 3.63) is 11.8 Å². The predicted molar refractivity (Wildman–Crippen MR) is 61.5 cm³/mol. The molecule has 19 heavy (non-hydrogen) atoms. The van der Waals surface area contributed by atoms with Crippen LogP contribution in [0.1, 0.15) is 36.8 Å². The maximum atomic E-state index is 13.0. The van der Waals surface area contributed by atoms with Gasteiger partial charge in [-0.05, 0) is 13.3 Å². The summed E-state index contributed by atoms with van der Waals surface area (Å²) in [4.78, 5) is 23.8. The number of aromatic nitrogens is 2. The van der Waals surface area contributed by atoms with Crippen molar-refractivity contribution in [2.75, 3.05) is 4.90 Å². The van der Waals surface area contributed by atoms with Crippen LogP contribution in [0.4, 0.5) is 14.6 Å². The monoisotopic (exact) mass is 273 g/mol. The lowest BCUT2D eigenvalue weighted by atomic mass is 10.0. The van der Waals surface area contributed by atoms with Crippen LogP contribution in [0.3, 0.4) is 0 Å². The van der Waals surface area contributed by atoms with Crippen LogP contribution >= 0.6 is 0 Å². The average Bonchev–Trinajstić information content (AvgIpc) is 2.71. The average molecular weight is 273 g/mol. The highest BCUT2D eigenvalue weighted by Crippen LogP contribution is 2.35. The fourth-order valence-corrected chi connectivity index (χ4v) is 2.37. The minimum Gasteiger partial charge on any atom is -0.476 e. The zero-order chi connectivity index (χ0) is 14.3. The van der Waals surface area contributed by atoms with Crippen molar-refractivity contribution in [3.8, 4) is 0 Å². The Morgan fingerprint density at radius 2 is 2.16 bits per heavy atom. The van der Waals surface area contributed by atoms with Crippen molar-refractivity contribution in [1.82, 2.24) is 9.78 Å². The Hall–Kier alpha value is -1.99. The number of carboxylic acids is 1. The topological polar surface area (TPSA) is 75.4 Å². The van der Waals surface area contributed by atoms with E-state index in [0.717, 1.165) is 10.7 Å². The van der Waals surface area contributed by atoms with Gasteiger partial charge < -0.3 is 5.11 Å². The van der Waals surface area contributed by atoms with Gasteiger partial charge in [0, 0.05) is 19.0 Å². The number of alkyl halides is 2. The number of amides is 1. The van der Waals surface area contributed by atoms with Gasteiger partial charge in [-0.25, -0.2) is 18.3 Å². The van der Waals surface area contributed by atoms with Crippen molar-refractivity contribution in [2.45, 2.75) is 38.8 Å². The van der Waals surface area contributed by atoms with Gasteiger partial charge >= 0.3 is 5.97 Å². The van der Waals surface area contributed by atoms with Gasteiger partial charge in [-0.1, -0.05) is 0 Å². The van der Waals surface area contributed by atoms with Crippen LogP contribution in [0.25, 0.3) is 0 Å². The maximum Gasteiger partial charge on any atom is 0.356 e. The number of fused-ring (bicyclic) bond motifs is 1. The summed E-state index contributed by atoms with van der Waals surface area (Å²) in [6.07, 6.45) is -2.64. The third kappa shape index (κ3) is 2.18. The molecule has 2 heterocycles. The molecular formula is C11H13F2N3O3. The lowest BCUT2D eigenvalue weighted by Gasteiger charge is -2.37. The summed E-state index contributed by atoms with van der Waals surface area (Å²) in [5, 5.41) is 12.5. The summed E-state index contributed by atoms with van der Waals surface area (Å²) in [6, 6.07) is -0.495. The zero-order valence-electron chi connectivity index (χ0n) is 10.4. The number of anilines is 1. The quantitative estimate of drug-likeness (QED) is 0.886. The second kappa shape index (κ2) is 4.60. The van der Waals surface area contributed by atoms with E-state index in [-0.39, 0.29) is 23.8 Å². The normalized spacial score (nSPS) is 22.5. The second-order valence-electron chi connectivity index (χ2n) is 4.51. The molecule has 104 valence electrons. The zero-order valence-corrected chi connectivity index (χ0v) is 10.4. The number of nitrogens with zero attached hydrogens (tertiary/aromatic N) is 3. The van der Waals surface area contributed by atoms with E-state index in [4.69, 9.17) is 5.11 Å². The molecule has 2 atom stereocenters. The van der Waals surface area contributed by atoms with E-state index in [0.29, 0.717) is 0 Å². The molecule has 2 unspecified atom stereocenters. The highest BCUT2D eigenvalue weighted by Gasteiger charge is 2.38.